The molecule has 0 aliphatic heterocycles. The molecule has 2 aromatic rings. The summed E-state index contributed by atoms with van der Waals surface area (Å²) in [4.78, 5) is 50.5. The largest absolute Gasteiger partial charge is 0.462 e. The van der Waals surface area contributed by atoms with E-state index < -0.39 is 36.3 Å². The maximum absolute atomic E-state index is 13.2. The van der Waals surface area contributed by atoms with Crippen molar-refractivity contribution in [3.8, 4) is 0 Å². The van der Waals surface area contributed by atoms with E-state index in [-0.39, 0.29) is 17.6 Å². The van der Waals surface area contributed by atoms with Crippen LogP contribution < -0.4 is 5.32 Å². The Balaban J connectivity index is 1.30. The number of amides is 1. The fourth-order valence-corrected chi connectivity index (χ4v) is 5.31. The molecule has 2 bridgehead atoms. The van der Waals surface area contributed by atoms with E-state index in [0.717, 1.165) is 32.1 Å². The van der Waals surface area contributed by atoms with Gasteiger partial charge >= 0.3 is 11.9 Å². The van der Waals surface area contributed by atoms with Gasteiger partial charge in [0, 0.05) is 17.2 Å². The number of ketones is 1. The average Bonchev–Trinajstić information content (AvgIpc) is 3.50. The van der Waals surface area contributed by atoms with Crippen LogP contribution in [0.25, 0.3) is 0 Å². The number of fused-ring (bicyclic) bond motifs is 2. The predicted octanol–water partition coefficient (Wildman–Crippen LogP) is 4.67. The second-order valence-corrected chi connectivity index (χ2v) is 9.34. The zero-order valence-corrected chi connectivity index (χ0v) is 19.9. The highest BCUT2D eigenvalue weighted by molar-refractivity contribution is 6.01. The van der Waals surface area contributed by atoms with E-state index in [1.165, 1.54) is 0 Å². The molecule has 0 unspecified atom stereocenters. The fourth-order valence-electron chi connectivity index (χ4n) is 5.31. The summed E-state index contributed by atoms with van der Waals surface area (Å²) in [6.07, 6.45) is 4.45. The molecule has 7 nitrogen and oxygen atoms in total. The van der Waals surface area contributed by atoms with Gasteiger partial charge in [-0.2, -0.15) is 0 Å². The zero-order valence-electron chi connectivity index (χ0n) is 19.9. The van der Waals surface area contributed by atoms with Gasteiger partial charge in [-0.3, -0.25) is 14.4 Å². The van der Waals surface area contributed by atoms with Gasteiger partial charge in [-0.05, 0) is 61.8 Å². The lowest BCUT2D eigenvalue weighted by Gasteiger charge is -2.28. The Bertz CT molecular complexity index is 1060. The van der Waals surface area contributed by atoms with Crippen molar-refractivity contribution in [2.75, 3.05) is 18.5 Å². The lowest BCUT2D eigenvalue weighted by Crippen LogP contribution is -2.37. The molecule has 2 saturated carbocycles. The van der Waals surface area contributed by atoms with Gasteiger partial charge in [-0.25, -0.2) is 4.79 Å². The first-order valence-electron chi connectivity index (χ1n) is 12.3. The molecule has 1 amide bonds. The highest BCUT2D eigenvalue weighted by atomic mass is 16.5. The molecule has 4 atom stereocenters. The lowest BCUT2D eigenvalue weighted by molar-refractivity contribution is -0.154. The van der Waals surface area contributed by atoms with Crippen molar-refractivity contribution in [3.63, 3.8) is 0 Å². The van der Waals surface area contributed by atoms with Crippen LogP contribution in [-0.4, -0.2) is 36.8 Å². The summed E-state index contributed by atoms with van der Waals surface area (Å²) >= 11 is 0. The summed E-state index contributed by atoms with van der Waals surface area (Å²) in [5.41, 5.74) is 1.49. The van der Waals surface area contributed by atoms with E-state index in [2.05, 4.69) is 5.32 Å². The molecule has 1 N–H and O–H groups in total. The fraction of sp³-hybridized carbons (Fsp3) is 0.429. The van der Waals surface area contributed by atoms with Crippen LogP contribution in [0.3, 0.4) is 0 Å². The number of carbonyl (C=O) groups is 4. The first-order chi connectivity index (χ1) is 17.0. The molecule has 35 heavy (non-hydrogen) atoms. The molecule has 0 aromatic heterocycles. The second-order valence-electron chi connectivity index (χ2n) is 9.34. The minimum Gasteiger partial charge on any atom is -0.462 e. The van der Waals surface area contributed by atoms with Crippen molar-refractivity contribution in [2.24, 2.45) is 23.7 Å². The topological polar surface area (TPSA) is 98.8 Å². The third kappa shape index (κ3) is 5.78. The summed E-state index contributed by atoms with van der Waals surface area (Å²) in [6, 6.07) is 15.4. The van der Waals surface area contributed by atoms with Crippen molar-refractivity contribution in [2.45, 2.75) is 39.0 Å². The number of benzene rings is 2. The SMILES string of the molecule is CCCCOC(=O)c1ccc(NC(=O)COC(=O)[C@@H]2[C@H]3CC[C@@H](C3)[C@H]2C(=O)c2ccccc2)cc1. The van der Waals surface area contributed by atoms with Crippen LogP contribution in [0.5, 0.6) is 0 Å². The highest BCUT2D eigenvalue weighted by Gasteiger charge is 2.54. The maximum Gasteiger partial charge on any atom is 0.338 e. The first kappa shape index (κ1) is 24.6. The number of carbonyl (C=O) groups excluding carboxylic acids is 4. The number of ether oxygens (including phenoxy) is 2. The van der Waals surface area contributed by atoms with Crippen LogP contribution in [0, 0.1) is 23.7 Å². The van der Waals surface area contributed by atoms with E-state index in [4.69, 9.17) is 9.47 Å². The molecular formula is C28H31NO6. The molecular weight excluding hydrogens is 446 g/mol. The minimum atomic E-state index is -0.507. The Morgan fingerprint density at radius 2 is 1.54 bits per heavy atom. The van der Waals surface area contributed by atoms with Gasteiger partial charge in [0.2, 0.25) is 0 Å². The quantitative estimate of drug-likeness (QED) is 0.303. The molecule has 0 heterocycles. The van der Waals surface area contributed by atoms with Crippen LogP contribution >= 0.6 is 0 Å². The molecule has 0 spiro atoms. The second kappa shape index (κ2) is 11.3. The summed E-state index contributed by atoms with van der Waals surface area (Å²) in [6.45, 7) is 1.96. The predicted molar refractivity (Wildman–Crippen MR) is 130 cm³/mol. The average molecular weight is 478 g/mol. The Morgan fingerprint density at radius 1 is 0.857 bits per heavy atom. The number of Topliss-reactive ketones (excluding diaryl/α,β-unsaturated/α-hetero) is 1. The van der Waals surface area contributed by atoms with Gasteiger partial charge in [0.15, 0.2) is 12.4 Å². The first-order valence-corrected chi connectivity index (χ1v) is 12.3. The third-order valence-corrected chi connectivity index (χ3v) is 7.03. The van der Waals surface area contributed by atoms with Gasteiger partial charge in [0.1, 0.15) is 0 Å². The molecule has 2 aliphatic carbocycles. The number of anilines is 1. The number of rotatable bonds is 10. The number of hydrogen-bond donors (Lipinski definition) is 1. The summed E-state index contributed by atoms with van der Waals surface area (Å²) in [5, 5.41) is 2.66. The van der Waals surface area contributed by atoms with Gasteiger partial charge < -0.3 is 14.8 Å². The van der Waals surface area contributed by atoms with Gasteiger partial charge in [-0.15, -0.1) is 0 Å². The number of nitrogens with one attached hydrogen (secondary N) is 1. The Labute approximate surface area is 205 Å². The normalized spacial score (nSPS) is 22.4. The summed E-state index contributed by atoms with van der Waals surface area (Å²) in [5.74, 6) is -1.97. The van der Waals surface area contributed by atoms with Crippen molar-refractivity contribution < 1.29 is 28.7 Å². The van der Waals surface area contributed by atoms with Crippen molar-refractivity contribution in [1.29, 1.82) is 0 Å². The van der Waals surface area contributed by atoms with E-state index in [0.29, 0.717) is 23.4 Å². The molecule has 0 radical (unpaired) electrons. The Morgan fingerprint density at radius 3 is 2.23 bits per heavy atom. The van der Waals surface area contributed by atoms with Crippen LogP contribution in [0.1, 0.15) is 59.7 Å². The van der Waals surface area contributed by atoms with E-state index >= 15 is 0 Å². The Kier molecular flexibility index (Phi) is 7.95. The molecule has 7 heteroatoms. The maximum atomic E-state index is 13.2. The lowest BCUT2D eigenvalue weighted by atomic mass is 9.75. The Hall–Kier alpha value is -3.48. The number of unbranched alkanes of at least 4 members (excludes halogenated alkanes) is 1. The van der Waals surface area contributed by atoms with Crippen molar-refractivity contribution in [3.05, 3.63) is 65.7 Å². The smallest absolute Gasteiger partial charge is 0.338 e. The minimum absolute atomic E-state index is 0.0162. The molecule has 4 rings (SSSR count). The van der Waals surface area contributed by atoms with Crippen molar-refractivity contribution >= 4 is 29.3 Å². The summed E-state index contributed by atoms with van der Waals surface area (Å²) < 4.78 is 10.5. The van der Waals surface area contributed by atoms with E-state index in [1.807, 2.05) is 25.1 Å². The molecule has 184 valence electrons. The molecule has 0 saturated heterocycles. The summed E-state index contributed by atoms with van der Waals surface area (Å²) in [7, 11) is 0. The van der Waals surface area contributed by atoms with E-state index in [1.54, 1.807) is 36.4 Å². The van der Waals surface area contributed by atoms with Gasteiger partial charge in [0.05, 0.1) is 18.1 Å². The van der Waals surface area contributed by atoms with Gasteiger partial charge in [-0.1, -0.05) is 43.7 Å². The molecule has 2 aromatic carbocycles. The van der Waals surface area contributed by atoms with Gasteiger partial charge in [0.25, 0.3) is 5.91 Å². The zero-order chi connectivity index (χ0) is 24.8. The molecule has 2 aliphatic rings. The standard InChI is InChI=1S/C28H31NO6/c1-2-3-15-34-27(32)19-11-13-22(14-12-19)29-23(30)17-35-28(33)25-21-10-9-20(16-21)24(25)26(31)18-7-5-4-6-8-18/h4-8,11-14,20-21,24-25H,2-3,9-10,15-17H2,1H3,(H,29,30)/t20-,21-,24+,25+/m0/s1. The van der Waals surface area contributed by atoms with Crippen LogP contribution in [0.4, 0.5) is 5.69 Å². The van der Waals surface area contributed by atoms with Crippen LogP contribution in [-0.2, 0) is 19.1 Å². The third-order valence-electron chi connectivity index (χ3n) is 7.03. The number of hydrogen-bond acceptors (Lipinski definition) is 6. The van der Waals surface area contributed by atoms with Crippen LogP contribution in [0.2, 0.25) is 0 Å². The van der Waals surface area contributed by atoms with E-state index in [9.17, 15) is 19.2 Å². The van der Waals surface area contributed by atoms with Crippen LogP contribution in [0.15, 0.2) is 54.6 Å². The number of esters is 2. The van der Waals surface area contributed by atoms with Crippen molar-refractivity contribution in [1.82, 2.24) is 0 Å². The monoisotopic (exact) mass is 477 g/mol. The molecule has 2 fully saturated rings. The highest BCUT2D eigenvalue weighted by Crippen LogP contribution is 2.53.